The summed E-state index contributed by atoms with van der Waals surface area (Å²) in [5.41, 5.74) is 6.64. The van der Waals surface area contributed by atoms with E-state index >= 15 is 0 Å². The van der Waals surface area contributed by atoms with Crippen LogP contribution in [0.3, 0.4) is 0 Å². The summed E-state index contributed by atoms with van der Waals surface area (Å²) in [6.07, 6.45) is 2.41. The lowest BCUT2D eigenvalue weighted by Crippen LogP contribution is -2.24. The Balaban J connectivity index is 2.46. The molecule has 1 aromatic rings. The van der Waals surface area contributed by atoms with E-state index in [1.165, 1.54) is 0 Å². The van der Waals surface area contributed by atoms with Gasteiger partial charge in [0.25, 0.3) is 0 Å². The number of aromatic nitrogens is 1. The minimum atomic E-state index is -0.183. The van der Waals surface area contributed by atoms with Crippen LogP contribution in [0.15, 0.2) is 23.5 Å². The second-order valence-electron chi connectivity index (χ2n) is 4.80. The van der Waals surface area contributed by atoms with E-state index in [-0.39, 0.29) is 11.4 Å². The Labute approximate surface area is 113 Å². The van der Waals surface area contributed by atoms with Gasteiger partial charge in [-0.2, -0.15) is 0 Å². The maximum Gasteiger partial charge on any atom is 0.188 e. The van der Waals surface area contributed by atoms with Crippen molar-refractivity contribution >= 4 is 5.84 Å². The number of nitrogens with two attached hydrogens (primary N) is 1. The van der Waals surface area contributed by atoms with Gasteiger partial charge in [-0.15, -0.1) is 0 Å². The molecule has 1 aromatic heterocycles. The molecule has 0 saturated carbocycles. The minimum absolute atomic E-state index is 0.0117. The Morgan fingerprint density at radius 1 is 1.53 bits per heavy atom. The molecule has 6 heteroatoms. The summed E-state index contributed by atoms with van der Waals surface area (Å²) in [6, 6.07) is 3.56. The SMILES string of the molecule is COC(C)(C)CCOCc1ccnc(/C(N)=N/O)c1. The van der Waals surface area contributed by atoms with Crippen molar-refractivity contribution in [3.63, 3.8) is 0 Å². The Morgan fingerprint density at radius 3 is 2.89 bits per heavy atom. The van der Waals surface area contributed by atoms with Gasteiger partial charge in [0, 0.05) is 19.9 Å². The molecule has 6 nitrogen and oxygen atoms in total. The fourth-order valence-electron chi connectivity index (χ4n) is 1.37. The number of rotatable bonds is 7. The summed E-state index contributed by atoms with van der Waals surface area (Å²) in [4.78, 5) is 4.00. The Bertz CT molecular complexity index is 433. The molecule has 1 rings (SSSR count). The third-order valence-electron chi connectivity index (χ3n) is 2.86. The van der Waals surface area contributed by atoms with Gasteiger partial charge in [0.15, 0.2) is 5.84 Å². The molecule has 19 heavy (non-hydrogen) atoms. The second-order valence-corrected chi connectivity index (χ2v) is 4.80. The third kappa shape index (κ3) is 5.23. The maximum atomic E-state index is 8.59. The molecule has 0 aliphatic heterocycles. The normalized spacial score (nSPS) is 12.7. The van der Waals surface area contributed by atoms with E-state index in [1.54, 1.807) is 19.4 Å². The van der Waals surface area contributed by atoms with Crippen molar-refractivity contribution in [1.29, 1.82) is 0 Å². The quantitative estimate of drug-likeness (QED) is 0.257. The molecule has 0 spiro atoms. The zero-order valence-corrected chi connectivity index (χ0v) is 11.6. The van der Waals surface area contributed by atoms with Crippen molar-refractivity contribution in [3.05, 3.63) is 29.6 Å². The van der Waals surface area contributed by atoms with Gasteiger partial charge in [0.05, 0.1) is 12.2 Å². The number of nitrogens with zero attached hydrogens (tertiary/aromatic N) is 2. The van der Waals surface area contributed by atoms with Crippen LogP contribution in [0, 0.1) is 0 Å². The molecule has 106 valence electrons. The fourth-order valence-corrected chi connectivity index (χ4v) is 1.37. The predicted octanol–water partition coefficient (Wildman–Crippen LogP) is 1.51. The van der Waals surface area contributed by atoms with Crippen LogP contribution < -0.4 is 5.73 Å². The molecule has 0 aliphatic carbocycles. The van der Waals surface area contributed by atoms with Gasteiger partial charge < -0.3 is 20.4 Å². The number of ether oxygens (including phenoxy) is 2. The molecular formula is C13H21N3O3. The van der Waals surface area contributed by atoms with Gasteiger partial charge in [-0.25, -0.2) is 0 Å². The van der Waals surface area contributed by atoms with Gasteiger partial charge in [-0.05, 0) is 38.0 Å². The average molecular weight is 267 g/mol. The highest BCUT2D eigenvalue weighted by molar-refractivity contribution is 5.95. The van der Waals surface area contributed by atoms with E-state index in [0.717, 1.165) is 12.0 Å². The van der Waals surface area contributed by atoms with E-state index in [1.807, 2.05) is 19.9 Å². The first-order valence-corrected chi connectivity index (χ1v) is 6.04. The smallest absolute Gasteiger partial charge is 0.188 e. The Morgan fingerprint density at radius 2 is 2.26 bits per heavy atom. The lowest BCUT2D eigenvalue weighted by molar-refractivity contribution is -0.0124. The van der Waals surface area contributed by atoms with E-state index in [4.69, 9.17) is 20.4 Å². The minimum Gasteiger partial charge on any atom is -0.409 e. The van der Waals surface area contributed by atoms with E-state index < -0.39 is 0 Å². The molecule has 1 heterocycles. The van der Waals surface area contributed by atoms with Gasteiger partial charge in [0.1, 0.15) is 5.69 Å². The van der Waals surface area contributed by atoms with E-state index in [2.05, 4.69) is 10.1 Å². The molecule has 0 radical (unpaired) electrons. The molecule has 0 atom stereocenters. The average Bonchev–Trinajstić information content (AvgIpc) is 2.43. The summed E-state index contributed by atoms with van der Waals surface area (Å²) >= 11 is 0. The number of pyridine rings is 1. The molecule has 0 amide bonds. The summed E-state index contributed by atoms with van der Waals surface area (Å²) in [7, 11) is 1.69. The van der Waals surface area contributed by atoms with Crippen LogP contribution in [0.25, 0.3) is 0 Å². The highest BCUT2D eigenvalue weighted by Gasteiger charge is 2.15. The molecule has 0 unspecified atom stereocenters. The molecule has 0 saturated heterocycles. The zero-order valence-electron chi connectivity index (χ0n) is 11.6. The van der Waals surface area contributed by atoms with Gasteiger partial charge in [-0.3, -0.25) is 4.98 Å². The lowest BCUT2D eigenvalue weighted by atomic mass is 10.1. The molecule has 3 N–H and O–H groups in total. The lowest BCUT2D eigenvalue weighted by Gasteiger charge is -2.22. The first-order valence-electron chi connectivity index (χ1n) is 6.04. The number of oxime groups is 1. The number of hydrogen-bond donors (Lipinski definition) is 2. The van der Waals surface area contributed by atoms with E-state index in [9.17, 15) is 0 Å². The fraction of sp³-hybridized carbons (Fsp3) is 0.538. The van der Waals surface area contributed by atoms with Gasteiger partial charge in [0.2, 0.25) is 0 Å². The van der Waals surface area contributed by atoms with Crippen LogP contribution in [-0.4, -0.2) is 35.3 Å². The summed E-state index contributed by atoms with van der Waals surface area (Å²) < 4.78 is 10.9. The third-order valence-corrected chi connectivity index (χ3v) is 2.86. The molecule has 0 aliphatic rings. The zero-order chi connectivity index (χ0) is 14.3. The first kappa shape index (κ1) is 15.4. The Kier molecular flexibility index (Phi) is 5.72. The van der Waals surface area contributed by atoms with Crippen LogP contribution in [0.5, 0.6) is 0 Å². The van der Waals surface area contributed by atoms with Crippen LogP contribution in [0.1, 0.15) is 31.5 Å². The second kappa shape index (κ2) is 7.06. The molecule has 0 aromatic carbocycles. The molecule has 0 bridgehead atoms. The van der Waals surface area contributed by atoms with Crippen molar-refractivity contribution in [3.8, 4) is 0 Å². The number of methoxy groups -OCH3 is 1. The van der Waals surface area contributed by atoms with Crippen molar-refractivity contribution in [2.45, 2.75) is 32.5 Å². The van der Waals surface area contributed by atoms with Gasteiger partial charge in [-0.1, -0.05) is 5.16 Å². The summed E-state index contributed by atoms with van der Waals surface area (Å²) in [5.74, 6) is -0.0117. The monoisotopic (exact) mass is 267 g/mol. The summed E-state index contributed by atoms with van der Waals surface area (Å²) in [5, 5.41) is 11.5. The van der Waals surface area contributed by atoms with Gasteiger partial charge >= 0.3 is 0 Å². The maximum absolute atomic E-state index is 8.59. The molecular weight excluding hydrogens is 246 g/mol. The predicted molar refractivity (Wildman–Crippen MR) is 72.1 cm³/mol. The molecule has 0 fully saturated rings. The number of hydrogen-bond acceptors (Lipinski definition) is 5. The number of amidine groups is 1. The topological polar surface area (TPSA) is 90.0 Å². The van der Waals surface area contributed by atoms with Crippen LogP contribution in [-0.2, 0) is 16.1 Å². The highest BCUT2D eigenvalue weighted by atomic mass is 16.5. The van der Waals surface area contributed by atoms with Crippen molar-refractivity contribution in [1.82, 2.24) is 4.98 Å². The van der Waals surface area contributed by atoms with Crippen molar-refractivity contribution in [2.24, 2.45) is 10.9 Å². The summed E-state index contributed by atoms with van der Waals surface area (Å²) in [6.45, 7) is 5.08. The van der Waals surface area contributed by atoms with Crippen LogP contribution >= 0.6 is 0 Å². The van der Waals surface area contributed by atoms with Crippen molar-refractivity contribution < 1.29 is 14.7 Å². The highest BCUT2D eigenvalue weighted by Crippen LogP contribution is 2.13. The standard InChI is InChI=1S/C13H21N3O3/c1-13(2,18-3)5-7-19-9-10-4-6-15-11(8-10)12(14)16-17/h4,6,8,17H,5,7,9H2,1-3H3,(H2,14,16). The van der Waals surface area contributed by atoms with Crippen molar-refractivity contribution in [2.75, 3.05) is 13.7 Å². The Hall–Kier alpha value is -1.66. The largest absolute Gasteiger partial charge is 0.409 e. The first-order chi connectivity index (χ1) is 8.98. The van der Waals surface area contributed by atoms with Crippen LogP contribution in [0.2, 0.25) is 0 Å². The van der Waals surface area contributed by atoms with E-state index in [0.29, 0.717) is 18.9 Å². The van der Waals surface area contributed by atoms with Crippen LogP contribution in [0.4, 0.5) is 0 Å².